The number of benzene rings is 3. The van der Waals surface area contributed by atoms with Gasteiger partial charge in [0.05, 0.1) is 22.5 Å². The average Bonchev–Trinajstić information content (AvgIpc) is 2.78. The lowest BCUT2D eigenvalue weighted by molar-refractivity contribution is 0.474. The van der Waals surface area contributed by atoms with Crippen molar-refractivity contribution in [3.8, 4) is 5.75 Å². The number of aromatic hydroxyl groups is 1. The molecule has 1 aromatic heterocycles. The Balaban J connectivity index is 1.57. The predicted molar refractivity (Wildman–Crippen MR) is 129 cm³/mol. The molecule has 0 aliphatic rings. The standard InChI is InChI=1S/C24H18BrN3OS/c25-20-11-12-23(29)19(14-20)15-26-28-22(17-6-2-1-3-7-17)16-30-24-13-10-18-8-4-5-9-21(18)27-24/h1-15,29H,16H2/b26-15-,28-22+. The van der Waals surface area contributed by atoms with Crippen molar-refractivity contribution in [1.29, 1.82) is 0 Å². The molecular weight excluding hydrogens is 458 g/mol. The lowest BCUT2D eigenvalue weighted by Gasteiger charge is -2.06. The number of para-hydroxylation sites is 1. The van der Waals surface area contributed by atoms with Crippen LogP contribution in [-0.2, 0) is 0 Å². The van der Waals surface area contributed by atoms with E-state index >= 15 is 0 Å². The quantitative estimate of drug-likeness (QED) is 0.201. The molecule has 0 radical (unpaired) electrons. The highest BCUT2D eigenvalue weighted by molar-refractivity contribution is 9.10. The maximum atomic E-state index is 9.98. The highest BCUT2D eigenvalue weighted by atomic mass is 79.9. The second-order valence-electron chi connectivity index (χ2n) is 6.49. The normalized spacial score (nSPS) is 12.0. The van der Waals surface area contributed by atoms with Crippen LogP contribution in [-0.4, -0.2) is 27.8 Å². The van der Waals surface area contributed by atoms with Crippen molar-refractivity contribution >= 4 is 50.5 Å². The number of pyridine rings is 1. The largest absolute Gasteiger partial charge is 0.507 e. The van der Waals surface area contributed by atoms with Crippen molar-refractivity contribution in [1.82, 2.24) is 4.98 Å². The maximum absolute atomic E-state index is 9.98. The number of phenolic OH excluding ortho intramolecular Hbond substituents is 1. The molecule has 0 fully saturated rings. The Hall–Kier alpha value is -2.96. The summed E-state index contributed by atoms with van der Waals surface area (Å²) in [6.07, 6.45) is 1.56. The van der Waals surface area contributed by atoms with Crippen LogP contribution in [0.2, 0.25) is 0 Å². The fourth-order valence-electron chi connectivity index (χ4n) is 2.86. The monoisotopic (exact) mass is 475 g/mol. The van der Waals surface area contributed by atoms with Crippen molar-refractivity contribution in [2.24, 2.45) is 10.2 Å². The molecule has 0 spiro atoms. The first-order valence-electron chi connectivity index (χ1n) is 9.31. The summed E-state index contributed by atoms with van der Waals surface area (Å²) in [7, 11) is 0. The number of halogens is 1. The van der Waals surface area contributed by atoms with Crippen molar-refractivity contribution in [3.63, 3.8) is 0 Å². The number of thioether (sulfide) groups is 1. The molecule has 3 aromatic carbocycles. The number of aromatic nitrogens is 1. The van der Waals surface area contributed by atoms with E-state index in [2.05, 4.69) is 38.3 Å². The minimum atomic E-state index is 0.160. The first kappa shape index (κ1) is 20.3. The molecule has 30 heavy (non-hydrogen) atoms. The molecule has 1 N–H and O–H groups in total. The number of nitrogens with zero attached hydrogens (tertiary/aromatic N) is 3. The zero-order valence-corrected chi connectivity index (χ0v) is 18.3. The molecular formula is C24H18BrN3OS. The first-order valence-corrected chi connectivity index (χ1v) is 11.1. The molecule has 0 amide bonds. The molecule has 0 bridgehead atoms. The highest BCUT2D eigenvalue weighted by Gasteiger charge is 2.07. The number of hydrogen-bond donors (Lipinski definition) is 1. The summed E-state index contributed by atoms with van der Waals surface area (Å²) in [5, 5.41) is 20.7. The molecule has 4 aromatic rings. The third-order valence-electron chi connectivity index (χ3n) is 4.40. The van der Waals surface area contributed by atoms with Crippen LogP contribution >= 0.6 is 27.7 Å². The van der Waals surface area contributed by atoms with Gasteiger partial charge >= 0.3 is 0 Å². The third kappa shape index (κ3) is 5.14. The summed E-state index contributed by atoms with van der Waals surface area (Å²) in [4.78, 5) is 4.72. The van der Waals surface area contributed by atoms with Crippen LogP contribution in [0.5, 0.6) is 5.75 Å². The van der Waals surface area contributed by atoms with Gasteiger partial charge in [-0.3, -0.25) is 0 Å². The van der Waals surface area contributed by atoms with Crippen LogP contribution in [0.1, 0.15) is 11.1 Å². The van der Waals surface area contributed by atoms with E-state index in [9.17, 15) is 5.11 Å². The Morgan fingerprint density at radius 2 is 1.77 bits per heavy atom. The van der Waals surface area contributed by atoms with Crippen LogP contribution in [0.25, 0.3) is 10.9 Å². The van der Waals surface area contributed by atoms with Gasteiger partial charge in [-0.25, -0.2) is 4.98 Å². The Bertz CT molecular complexity index is 1230. The van der Waals surface area contributed by atoms with Crippen LogP contribution in [0, 0.1) is 0 Å². The number of hydrogen-bond acceptors (Lipinski definition) is 5. The van der Waals surface area contributed by atoms with Gasteiger partial charge in [0, 0.05) is 21.2 Å². The molecule has 6 heteroatoms. The Morgan fingerprint density at radius 1 is 0.967 bits per heavy atom. The Labute approximate surface area is 187 Å². The smallest absolute Gasteiger partial charge is 0.124 e. The van der Waals surface area contributed by atoms with Crippen molar-refractivity contribution in [2.75, 3.05) is 5.75 Å². The van der Waals surface area contributed by atoms with Crippen molar-refractivity contribution in [2.45, 2.75) is 5.03 Å². The summed E-state index contributed by atoms with van der Waals surface area (Å²) in [5.74, 6) is 0.783. The van der Waals surface area contributed by atoms with Gasteiger partial charge in [-0.1, -0.05) is 82.3 Å². The highest BCUT2D eigenvalue weighted by Crippen LogP contribution is 2.22. The third-order valence-corrected chi connectivity index (χ3v) is 5.84. The van der Waals surface area contributed by atoms with E-state index in [-0.39, 0.29) is 5.75 Å². The molecule has 148 valence electrons. The molecule has 4 nitrogen and oxygen atoms in total. The van der Waals surface area contributed by atoms with Gasteiger partial charge in [0.2, 0.25) is 0 Å². The second-order valence-corrected chi connectivity index (χ2v) is 8.40. The van der Waals surface area contributed by atoms with Gasteiger partial charge in [0.25, 0.3) is 0 Å². The van der Waals surface area contributed by atoms with E-state index in [4.69, 9.17) is 4.98 Å². The maximum Gasteiger partial charge on any atom is 0.124 e. The summed E-state index contributed by atoms with van der Waals surface area (Å²) < 4.78 is 0.868. The first-order chi connectivity index (χ1) is 14.7. The minimum absolute atomic E-state index is 0.160. The fourth-order valence-corrected chi connectivity index (χ4v) is 4.07. The van der Waals surface area contributed by atoms with Crippen molar-refractivity contribution < 1.29 is 5.11 Å². The topological polar surface area (TPSA) is 57.8 Å². The molecule has 0 aliphatic heterocycles. The Morgan fingerprint density at radius 3 is 2.63 bits per heavy atom. The molecule has 0 unspecified atom stereocenters. The predicted octanol–water partition coefficient (Wildman–Crippen LogP) is 6.32. The van der Waals surface area contributed by atoms with E-state index < -0.39 is 0 Å². The minimum Gasteiger partial charge on any atom is -0.507 e. The van der Waals surface area contributed by atoms with E-state index in [0.29, 0.717) is 11.3 Å². The lowest BCUT2D eigenvalue weighted by atomic mass is 10.1. The number of fused-ring (bicyclic) bond motifs is 1. The van der Waals surface area contributed by atoms with Crippen LogP contribution < -0.4 is 0 Å². The molecule has 0 aliphatic carbocycles. The molecule has 0 atom stereocenters. The van der Waals surface area contributed by atoms with Crippen LogP contribution in [0.3, 0.4) is 0 Å². The number of phenols is 1. The second kappa shape index (κ2) is 9.69. The Kier molecular flexibility index (Phi) is 6.57. The SMILES string of the molecule is Oc1ccc(Br)cc1/C=N\N=C(/CSc1ccc2ccccc2n1)c1ccccc1. The lowest BCUT2D eigenvalue weighted by Crippen LogP contribution is -2.04. The number of rotatable bonds is 6. The summed E-state index contributed by atoms with van der Waals surface area (Å²) >= 11 is 5.02. The van der Waals surface area contributed by atoms with Crippen LogP contribution in [0.4, 0.5) is 0 Å². The molecule has 1 heterocycles. The zero-order valence-electron chi connectivity index (χ0n) is 15.9. The van der Waals surface area contributed by atoms with E-state index in [0.717, 1.165) is 31.7 Å². The fraction of sp³-hybridized carbons (Fsp3) is 0.0417. The summed E-state index contributed by atoms with van der Waals surface area (Å²) in [5.41, 5.74) is 3.41. The van der Waals surface area contributed by atoms with Gasteiger partial charge in [-0.05, 0) is 35.9 Å². The van der Waals surface area contributed by atoms with Gasteiger partial charge in [0.1, 0.15) is 5.75 Å². The zero-order chi connectivity index (χ0) is 20.8. The molecule has 4 rings (SSSR count). The van der Waals surface area contributed by atoms with Gasteiger partial charge in [-0.15, -0.1) is 0 Å². The van der Waals surface area contributed by atoms with Crippen molar-refractivity contribution in [3.05, 3.63) is 101 Å². The summed E-state index contributed by atoms with van der Waals surface area (Å²) in [6.45, 7) is 0. The van der Waals surface area contributed by atoms with E-state index in [1.54, 1.807) is 36.2 Å². The molecule has 0 saturated carbocycles. The van der Waals surface area contributed by atoms with Gasteiger partial charge < -0.3 is 5.11 Å². The van der Waals surface area contributed by atoms with E-state index in [1.165, 1.54) is 0 Å². The molecule has 0 saturated heterocycles. The van der Waals surface area contributed by atoms with E-state index in [1.807, 2.05) is 54.6 Å². The van der Waals surface area contributed by atoms with Crippen LogP contribution in [0.15, 0.2) is 105 Å². The van der Waals surface area contributed by atoms with Gasteiger partial charge in [-0.2, -0.15) is 10.2 Å². The van der Waals surface area contributed by atoms with Gasteiger partial charge in [0.15, 0.2) is 0 Å². The average molecular weight is 476 g/mol. The summed E-state index contributed by atoms with van der Waals surface area (Å²) in [6, 6.07) is 27.3.